The Kier molecular flexibility index (Phi) is 4.66. The number of benzene rings is 1. The highest BCUT2D eigenvalue weighted by atomic mass is 79.9. The third-order valence-corrected chi connectivity index (χ3v) is 4.20. The van der Waals surface area contributed by atoms with E-state index in [0.29, 0.717) is 17.0 Å². The van der Waals surface area contributed by atoms with E-state index < -0.39 is 5.97 Å². The molecular formula is C13H11Br2NO3. The molecule has 0 saturated heterocycles. The molecule has 0 aliphatic rings. The van der Waals surface area contributed by atoms with E-state index in [0.717, 1.165) is 10.2 Å². The molecule has 0 aliphatic heterocycles. The molecule has 0 fully saturated rings. The van der Waals surface area contributed by atoms with Gasteiger partial charge >= 0.3 is 5.97 Å². The van der Waals surface area contributed by atoms with Gasteiger partial charge in [-0.3, -0.25) is 4.79 Å². The van der Waals surface area contributed by atoms with Crippen LogP contribution in [0.15, 0.2) is 50.0 Å². The van der Waals surface area contributed by atoms with Crippen LogP contribution in [0.5, 0.6) is 0 Å². The van der Waals surface area contributed by atoms with Gasteiger partial charge in [0, 0.05) is 5.69 Å². The van der Waals surface area contributed by atoms with Crippen LogP contribution < -0.4 is 4.90 Å². The zero-order valence-corrected chi connectivity index (χ0v) is 13.0. The molecule has 6 heteroatoms. The van der Waals surface area contributed by atoms with Gasteiger partial charge in [0.05, 0.1) is 11.0 Å². The summed E-state index contributed by atoms with van der Waals surface area (Å²) in [5, 5.41) is 8.99. The number of anilines is 1. The number of aliphatic carboxylic acids is 1. The fourth-order valence-corrected chi connectivity index (χ4v) is 2.36. The predicted octanol–water partition coefficient (Wildman–Crippen LogP) is 3.90. The number of para-hydroxylation sites is 1. The Hall–Kier alpha value is -1.27. The lowest BCUT2D eigenvalue weighted by Crippen LogP contribution is -2.28. The van der Waals surface area contributed by atoms with Gasteiger partial charge in [0.2, 0.25) is 0 Å². The largest absolute Gasteiger partial charge is 0.480 e. The van der Waals surface area contributed by atoms with Gasteiger partial charge < -0.3 is 14.4 Å². The lowest BCUT2D eigenvalue weighted by Gasteiger charge is -2.21. The van der Waals surface area contributed by atoms with Crippen molar-refractivity contribution in [3.05, 3.63) is 51.3 Å². The molecule has 2 aromatic rings. The molecule has 1 aromatic carbocycles. The summed E-state index contributed by atoms with van der Waals surface area (Å²) in [6.07, 6.45) is 0. The molecule has 1 heterocycles. The van der Waals surface area contributed by atoms with E-state index >= 15 is 0 Å². The quantitative estimate of drug-likeness (QED) is 0.843. The van der Waals surface area contributed by atoms with Crippen LogP contribution in [0.25, 0.3) is 0 Å². The van der Waals surface area contributed by atoms with Crippen LogP contribution in [0, 0.1) is 0 Å². The fraction of sp³-hybridized carbons (Fsp3) is 0.154. The Balaban J connectivity index is 2.21. The second-order valence-electron chi connectivity index (χ2n) is 3.92. The molecule has 0 aliphatic carbocycles. The molecule has 0 amide bonds. The van der Waals surface area contributed by atoms with Crippen molar-refractivity contribution >= 4 is 43.5 Å². The van der Waals surface area contributed by atoms with Gasteiger partial charge in [-0.15, -0.1) is 0 Å². The van der Waals surface area contributed by atoms with E-state index in [1.54, 1.807) is 4.90 Å². The molecule has 0 bridgehead atoms. The van der Waals surface area contributed by atoms with Crippen molar-refractivity contribution in [2.75, 3.05) is 11.4 Å². The van der Waals surface area contributed by atoms with E-state index in [-0.39, 0.29) is 6.54 Å². The van der Waals surface area contributed by atoms with Gasteiger partial charge in [-0.1, -0.05) is 18.2 Å². The third-order valence-electron chi connectivity index (χ3n) is 2.49. The van der Waals surface area contributed by atoms with Crippen molar-refractivity contribution in [2.45, 2.75) is 6.54 Å². The van der Waals surface area contributed by atoms with E-state index in [9.17, 15) is 4.79 Å². The third kappa shape index (κ3) is 3.84. The van der Waals surface area contributed by atoms with E-state index in [1.165, 1.54) is 0 Å². The Morgan fingerprint density at radius 3 is 2.47 bits per heavy atom. The molecule has 100 valence electrons. The van der Waals surface area contributed by atoms with Crippen LogP contribution in [-0.4, -0.2) is 17.6 Å². The zero-order valence-electron chi connectivity index (χ0n) is 9.85. The minimum absolute atomic E-state index is 0.0834. The fourth-order valence-electron chi connectivity index (χ4n) is 1.70. The summed E-state index contributed by atoms with van der Waals surface area (Å²) in [7, 11) is 0. The van der Waals surface area contributed by atoms with Crippen LogP contribution in [0.2, 0.25) is 0 Å². The van der Waals surface area contributed by atoms with Gasteiger partial charge in [-0.05, 0) is 50.1 Å². The van der Waals surface area contributed by atoms with Crippen molar-refractivity contribution in [1.82, 2.24) is 0 Å². The molecule has 4 nitrogen and oxygen atoms in total. The number of nitrogens with zero attached hydrogens (tertiary/aromatic N) is 1. The van der Waals surface area contributed by atoms with E-state index in [1.807, 2.05) is 36.4 Å². The maximum absolute atomic E-state index is 11.0. The van der Waals surface area contributed by atoms with E-state index in [2.05, 4.69) is 31.9 Å². The summed E-state index contributed by atoms with van der Waals surface area (Å²) in [4.78, 5) is 12.7. The molecule has 2 rings (SSSR count). The van der Waals surface area contributed by atoms with Gasteiger partial charge in [-0.2, -0.15) is 0 Å². The SMILES string of the molecule is O=C(O)CN(Cc1cc(Br)c(Br)o1)c1ccccc1. The summed E-state index contributed by atoms with van der Waals surface area (Å²) in [6, 6.07) is 11.2. The second-order valence-corrected chi connectivity index (χ2v) is 5.49. The first-order valence-electron chi connectivity index (χ1n) is 5.52. The molecule has 0 atom stereocenters. The van der Waals surface area contributed by atoms with Gasteiger partial charge in [-0.25, -0.2) is 0 Å². The minimum Gasteiger partial charge on any atom is -0.480 e. The molecule has 1 aromatic heterocycles. The van der Waals surface area contributed by atoms with Crippen LogP contribution in [0.3, 0.4) is 0 Å². The number of halogens is 2. The van der Waals surface area contributed by atoms with Crippen molar-refractivity contribution in [1.29, 1.82) is 0 Å². The highest BCUT2D eigenvalue weighted by Crippen LogP contribution is 2.28. The number of carbonyl (C=O) groups is 1. The summed E-state index contributed by atoms with van der Waals surface area (Å²) >= 11 is 6.60. The van der Waals surface area contributed by atoms with Crippen LogP contribution in [0.1, 0.15) is 5.76 Å². The Labute approximate surface area is 127 Å². The lowest BCUT2D eigenvalue weighted by atomic mass is 10.2. The number of furan rings is 1. The zero-order chi connectivity index (χ0) is 13.8. The average Bonchev–Trinajstić information content (AvgIpc) is 2.68. The molecule has 0 saturated carbocycles. The highest BCUT2D eigenvalue weighted by molar-refractivity contribution is 9.13. The first-order valence-corrected chi connectivity index (χ1v) is 7.10. The highest BCUT2D eigenvalue weighted by Gasteiger charge is 2.14. The molecule has 0 spiro atoms. The topological polar surface area (TPSA) is 53.7 Å². The Morgan fingerprint density at radius 1 is 1.26 bits per heavy atom. The maximum Gasteiger partial charge on any atom is 0.323 e. The molecule has 19 heavy (non-hydrogen) atoms. The smallest absolute Gasteiger partial charge is 0.323 e. The van der Waals surface area contributed by atoms with Crippen molar-refractivity contribution < 1.29 is 14.3 Å². The summed E-state index contributed by atoms with van der Waals surface area (Å²) in [5.74, 6) is -0.197. The summed E-state index contributed by atoms with van der Waals surface area (Å²) in [5.41, 5.74) is 0.841. The van der Waals surface area contributed by atoms with Gasteiger partial charge in [0.1, 0.15) is 12.3 Å². The van der Waals surface area contributed by atoms with Gasteiger partial charge in [0.15, 0.2) is 4.67 Å². The Morgan fingerprint density at radius 2 is 1.95 bits per heavy atom. The summed E-state index contributed by atoms with van der Waals surface area (Å²) in [6.45, 7) is 0.306. The summed E-state index contributed by atoms with van der Waals surface area (Å²) < 4.78 is 6.90. The minimum atomic E-state index is -0.881. The van der Waals surface area contributed by atoms with Crippen LogP contribution >= 0.6 is 31.9 Å². The lowest BCUT2D eigenvalue weighted by molar-refractivity contribution is -0.135. The van der Waals surface area contributed by atoms with Crippen LogP contribution in [-0.2, 0) is 11.3 Å². The number of hydrogen-bond acceptors (Lipinski definition) is 3. The number of hydrogen-bond donors (Lipinski definition) is 1. The molecule has 1 N–H and O–H groups in total. The normalized spacial score (nSPS) is 10.4. The molecular weight excluding hydrogens is 378 g/mol. The van der Waals surface area contributed by atoms with Crippen molar-refractivity contribution in [3.8, 4) is 0 Å². The van der Waals surface area contributed by atoms with E-state index in [4.69, 9.17) is 9.52 Å². The number of rotatable bonds is 5. The van der Waals surface area contributed by atoms with Crippen LogP contribution in [0.4, 0.5) is 5.69 Å². The number of carboxylic acid groups (broad SMARTS) is 1. The van der Waals surface area contributed by atoms with Crippen molar-refractivity contribution in [2.24, 2.45) is 0 Å². The van der Waals surface area contributed by atoms with Gasteiger partial charge in [0.25, 0.3) is 0 Å². The van der Waals surface area contributed by atoms with Crippen molar-refractivity contribution in [3.63, 3.8) is 0 Å². The first kappa shape index (κ1) is 14.1. The monoisotopic (exact) mass is 387 g/mol. The second kappa shape index (κ2) is 6.25. The standard InChI is InChI=1S/C13H11Br2NO3/c14-11-6-10(19-13(11)15)7-16(8-12(17)18)9-4-2-1-3-5-9/h1-6H,7-8H2,(H,17,18). The average molecular weight is 389 g/mol. The number of carboxylic acids is 1. The maximum atomic E-state index is 11.0. The predicted molar refractivity (Wildman–Crippen MR) is 79.2 cm³/mol. The molecule has 0 radical (unpaired) electrons. The Bertz CT molecular complexity index is 549. The molecule has 0 unspecified atom stereocenters. The first-order chi connectivity index (χ1) is 9.06.